The van der Waals surface area contributed by atoms with Crippen LogP contribution >= 0.6 is 0 Å². The molecule has 0 radical (unpaired) electrons. The fourth-order valence-electron chi connectivity index (χ4n) is 1.22. The Hall–Kier alpha value is -1.38. The highest BCUT2D eigenvalue weighted by Crippen LogP contribution is 2.13. The largest absolute Gasteiger partial charge is 0.635 e. The van der Waals surface area contributed by atoms with Crippen LogP contribution in [0.15, 0.2) is 12.4 Å². The third-order valence-electron chi connectivity index (χ3n) is 1.93. The molecular formula is C10H17BN2O5. The standard InChI is InChI=1S/C10H17BN2O5/c1-7(18-11(15)16)13-6-8(5-12-13)9(14)17-10(2,3)4/h5-7,15-16H,1-4H3. The topological polar surface area (TPSA) is 93.8 Å². The molecule has 1 rings (SSSR count). The Balaban J connectivity index is 2.71. The molecule has 8 heteroatoms. The van der Waals surface area contributed by atoms with Gasteiger partial charge in [-0.25, -0.2) is 9.48 Å². The van der Waals surface area contributed by atoms with Crippen LogP contribution < -0.4 is 0 Å². The van der Waals surface area contributed by atoms with Crippen molar-refractivity contribution in [3.05, 3.63) is 18.0 Å². The van der Waals surface area contributed by atoms with Crippen LogP contribution in [0.3, 0.4) is 0 Å². The van der Waals surface area contributed by atoms with Gasteiger partial charge in [-0.1, -0.05) is 0 Å². The van der Waals surface area contributed by atoms with E-state index in [0.717, 1.165) is 0 Å². The Kier molecular flexibility index (Phi) is 4.50. The molecule has 0 amide bonds. The molecule has 1 atom stereocenters. The van der Waals surface area contributed by atoms with E-state index in [2.05, 4.69) is 9.75 Å². The molecule has 0 saturated heterocycles. The number of aromatic nitrogens is 2. The average molecular weight is 256 g/mol. The molecule has 0 aliphatic rings. The van der Waals surface area contributed by atoms with Gasteiger partial charge in [-0.15, -0.1) is 0 Å². The van der Waals surface area contributed by atoms with E-state index in [4.69, 9.17) is 14.8 Å². The van der Waals surface area contributed by atoms with Crippen LogP contribution in [0, 0.1) is 0 Å². The van der Waals surface area contributed by atoms with Crippen molar-refractivity contribution in [3.8, 4) is 0 Å². The maximum atomic E-state index is 11.7. The van der Waals surface area contributed by atoms with Gasteiger partial charge in [0.15, 0.2) is 0 Å². The Labute approximate surface area is 105 Å². The van der Waals surface area contributed by atoms with Gasteiger partial charge in [-0.05, 0) is 27.7 Å². The molecule has 0 bridgehead atoms. The highest BCUT2D eigenvalue weighted by atomic mass is 16.6. The zero-order valence-corrected chi connectivity index (χ0v) is 10.8. The summed E-state index contributed by atoms with van der Waals surface area (Å²) >= 11 is 0. The third kappa shape index (κ3) is 4.48. The predicted octanol–water partition coefficient (Wildman–Crippen LogP) is 0.343. The van der Waals surface area contributed by atoms with Gasteiger partial charge in [0.25, 0.3) is 0 Å². The number of carbonyl (C=O) groups is 1. The summed E-state index contributed by atoms with van der Waals surface area (Å²) in [5.74, 6) is -0.495. The van der Waals surface area contributed by atoms with Crippen LogP contribution in [0.25, 0.3) is 0 Å². The van der Waals surface area contributed by atoms with Crippen molar-refractivity contribution in [2.24, 2.45) is 0 Å². The molecule has 0 aromatic carbocycles. The van der Waals surface area contributed by atoms with Crippen LogP contribution in [-0.2, 0) is 9.39 Å². The lowest BCUT2D eigenvalue weighted by Gasteiger charge is -2.18. The summed E-state index contributed by atoms with van der Waals surface area (Å²) in [6, 6.07) is 0. The summed E-state index contributed by atoms with van der Waals surface area (Å²) < 4.78 is 11.1. The quantitative estimate of drug-likeness (QED) is 0.596. The molecule has 1 unspecified atom stereocenters. The van der Waals surface area contributed by atoms with E-state index in [-0.39, 0.29) is 5.56 Å². The number of esters is 1. The number of hydrogen-bond donors (Lipinski definition) is 2. The van der Waals surface area contributed by atoms with E-state index in [0.29, 0.717) is 0 Å². The van der Waals surface area contributed by atoms with Crippen molar-refractivity contribution in [3.63, 3.8) is 0 Å². The van der Waals surface area contributed by atoms with Gasteiger partial charge in [-0.2, -0.15) is 5.10 Å². The van der Waals surface area contributed by atoms with Gasteiger partial charge >= 0.3 is 13.3 Å². The number of carbonyl (C=O) groups excluding carboxylic acids is 1. The lowest BCUT2D eigenvalue weighted by Crippen LogP contribution is -2.24. The highest BCUT2D eigenvalue weighted by molar-refractivity contribution is 6.32. The fraction of sp³-hybridized carbons (Fsp3) is 0.600. The molecule has 1 aromatic rings. The molecule has 0 aliphatic heterocycles. The van der Waals surface area contributed by atoms with Crippen LogP contribution in [0.2, 0.25) is 0 Å². The van der Waals surface area contributed by atoms with Crippen molar-refractivity contribution in [1.82, 2.24) is 9.78 Å². The summed E-state index contributed by atoms with van der Waals surface area (Å²) in [7, 11) is -1.89. The minimum absolute atomic E-state index is 0.271. The van der Waals surface area contributed by atoms with Gasteiger partial charge in [-0.3, -0.25) is 0 Å². The minimum atomic E-state index is -1.89. The first kappa shape index (κ1) is 14.7. The number of ether oxygens (including phenoxy) is 1. The van der Waals surface area contributed by atoms with Gasteiger partial charge < -0.3 is 19.4 Å². The van der Waals surface area contributed by atoms with Crippen LogP contribution in [-0.4, -0.2) is 38.7 Å². The molecule has 0 saturated carbocycles. The number of nitrogens with zero attached hydrogens (tertiary/aromatic N) is 2. The summed E-state index contributed by atoms with van der Waals surface area (Å²) in [5.41, 5.74) is -0.310. The van der Waals surface area contributed by atoms with E-state index >= 15 is 0 Å². The fourth-order valence-corrected chi connectivity index (χ4v) is 1.22. The summed E-state index contributed by atoms with van der Waals surface area (Å²) in [5, 5.41) is 21.2. The third-order valence-corrected chi connectivity index (χ3v) is 1.93. The van der Waals surface area contributed by atoms with Crippen molar-refractivity contribution >= 4 is 13.3 Å². The first-order valence-corrected chi connectivity index (χ1v) is 5.48. The predicted molar refractivity (Wildman–Crippen MR) is 63.4 cm³/mol. The summed E-state index contributed by atoms with van der Waals surface area (Å²) in [4.78, 5) is 11.7. The van der Waals surface area contributed by atoms with Gasteiger partial charge in [0.2, 0.25) is 0 Å². The van der Waals surface area contributed by atoms with E-state index < -0.39 is 25.1 Å². The molecule has 2 N–H and O–H groups in total. The first-order valence-electron chi connectivity index (χ1n) is 5.48. The first-order chi connectivity index (χ1) is 8.19. The molecule has 0 spiro atoms. The van der Waals surface area contributed by atoms with E-state index in [1.807, 2.05) is 0 Å². The smallest absolute Gasteiger partial charge is 0.456 e. The minimum Gasteiger partial charge on any atom is -0.456 e. The van der Waals surface area contributed by atoms with Gasteiger partial charge in [0.1, 0.15) is 11.8 Å². The maximum absolute atomic E-state index is 11.7. The normalized spacial score (nSPS) is 13.2. The maximum Gasteiger partial charge on any atom is 0.635 e. The average Bonchev–Trinajstić information content (AvgIpc) is 2.61. The lowest BCUT2D eigenvalue weighted by atomic mass is 10.2. The second-order valence-electron chi connectivity index (χ2n) is 4.77. The monoisotopic (exact) mass is 256 g/mol. The second kappa shape index (κ2) is 5.51. The molecule has 100 valence electrons. The molecule has 7 nitrogen and oxygen atoms in total. The summed E-state index contributed by atoms with van der Waals surface area (Å²) in [6.45, 7) is 6.86. The van der Waals surface area contributed by atoms with Gasteiger partial charge in [0.05, 0.1) is 11.8 Å². The number of hydrogen-bond acceptors (Lipinski definition) is 6. The molecule has 1 aromatic heterocycles. The second-order valence-corrected chi connectivity index (χ2v) is 4.77. The van der Waals surface area contributed by atoms with Crippen LogP contribution in [0.1, 0.15) is 44.3 Å². The highest BCUT2D eigenvalue weighted by Gasteiger charge is 2.21. The van der Waals surface area contributed by atoms with Crippen LogP contribution in [0.5, 0.6) is 0 Å². The number of rotatable bonds is 4. The van der Waals surface area contributed by atoms with E-state index in [1.165, 1.54) is 17.1 Å². The molecule has 1 heterocycles. The van der Waals surface area contributed by atoms with Crippen molar-refractivity contribution in [1.29, 1.82) is 0 Å². The van der Waals surface area contributed by atoms with Crippen LogP contribution in [0.4, 0.5) is 0 Å². The molecule has 18 heavy (non-hydrogen) atoms. The van der Waals surface area contributed by atoms with E-state index in [1.54, 1.807) is 27.7 Å². The van der Waals surface area contributed by atoms with Gasteiger partial charge in [0, 0.05) is 6.20 Å². The Morgan fingerprint density at radius 3 is 2.61 bits per heavy atom. The zero-order valence-electron chi connectivity index (χ0n) is 10.8. The van der Waals surface area contributed by atoms with E-state index in [9.17, 15) is 4.79 Å². The lowest BCUT2D eigenvalue weighted by molar-refractivity contribution is 0.00692. The molecule has 0 aliphatic carbocycles. The Morgan fingerprint density at radius 2 is 2.11 bits per heavy atom. The zero-order chi connectivity index (χ0) is 13.9. The molecule has 0 fully saturated rings. The SMILES string of the molecule is CC(OB(O)O)n1cc(C(=O)OC(C)(C)C)cn1. The van der Waals surface area contributed by atoms with Crippen molar-refractivity contribution in [2.45, 2.75) is 39.5 Å². The molecular weight excluding hydrogens is 239 g/mol. The Morgan fingerprint density at radius 1 is 1.50 bits per heavy atom. The van der Waals surface area contributed by atoms with Crippen molar-refractivity contribution in [2.75, 3.05) is 0 Å². The van der Waals surface area contributed by atoms with Crippen molar-refractivity contribution < 1.29 is 24.2 Å². The summed E-state index contributed by atoms with van der Waals surface area (Å²) in [6.07, 6.45) is 2.04. The Bertz CT molecular complexity index is 413.